The first-order valence-corrected chi connectivity index (χ1v) is 7.81. The molecule has 0 aromatic carbocycles. The molecule has 0 aliphatic carbocycles. The van der Waals surface area contributed by atoms with Gasteiger partial charge in [0.2, 0.25) is 0 Å². The molecule has 100 valence electrons. The lowest BCUT2D eigenvalue weighted by Gasteiger charge is -2.38. The van der Waals surface area contributed by atoms with Crippen LogP contribution in [-0.2, 0) is 11.8 Å². The van der Waals surface area contributed by atoms with E-state index in [1.54, 1.807) is 0 Å². The van der Waals surface area contributed by atoms with E-state index in [2.05, 4.69) is 23.5 Å². The van der Waals surface area contributed by atoms with Crippen molar-refractivity contribution >= 4 is 17.4 Å². The Morgan fingerprint density at radius 2 is 2.50 bits per heavy atom. The molecule has 2 unspecified atom stereocenters. The average molecular weight is 267 g/mol. The molecule has 2 aliphatic rings. The summed E-state index contributed by atoms with van der Waals surface area (Å²) >= 11 is 2.03. The van der Waals surface area contributed by atoms with E-state index >= 15 is 0 Å². The van der Waals surface area contributed by atoms with Crippen LogP contribution in [0, 0.1) is 6.92 Å². The quantitative estimate of drug-likeness (QED) is 0.891. The number of ether oxygens (including phenoxy) is 1. The number of hydrogen-bond acceptors (Lipinski definition) is 4. The van der Waals surface area contributed by atoms with Crippen molar-refractivity contribution in [2.75, 3.05) is 23.4 Å². The normalized spacial score (nSPS) is 32.0. The van der Waals surface area contributed by atoms with Gasteiger partial charge in [-0.2, -0.15) is 16.9 Å². The largest absolute Gasteiger partial charge is 0.379 e. The minimum absolute atomic E-state index is 0.150. The SMILES string of the molecule is Cc1nn(C)cc1NC1CCOC2(CCSC2)C1. The number of hydrogen-bond donors (Lipinski definition) is 1. The third-order valence-electron chi connectivity index (χ3n) is 3.93. The van der Waals surface area contributed by atoms with Crippen molar-refractivity contribution in [3.8, 4) is 0 Å². The number of nitrogens with zero attached hydrogens (tertiary/aromatic N) is 2. The van der Waals surface area contributed by atoms with Crippen LogP contribution in [0.15, 0.2) is 6.20 Å². The van der Waals surface area contributed by atoms with Gasteiger partial charge in [0.05, 0.1) is 17.0 Å². The number of aryl methyl sites for hydroxylation is 2. The van der Waals surface area contributed by atoms with Crippen molar-refractivity contribution in [3.63, 3.8) is 0 Å². The zero-order valence-electron chi connectivity index (χ0n) is 11.1. The predicted octanol–water partition coefficient (Wildman–Crippen LogP) is 2.20. The van der Waals surface area contributed by atoms with Gasteiger partial charge in [0.25, 0.3) is 0 Å². The van der Waals surface area contributed by atoms with Crippen molar-refractivity contribution < 1.29 is 4.74 Å². The summed E-state index contributed by atoms with van der Waals surface area (Å²) in [6, 6.07) is 0.528. The van der Waals surface area contributed by atoms with Crippen LogP contribution in [0.3, 0.4) is 0 Å². The molecule has 2 aliphatic heterocycles. The molecule has 0 radical (unpaired) electrons. The van der Waals surface area contributed by atoms with Gasteiger partial charge in [-0.05, 0) is 31.9 Å². The zero-order chi connectivity index (χ0) is 12.6. The Bertz CT molecular complexity index is 426. The fourth-order valence-electron chi connectivity index (χ4n) is 2.98. The topological polar surface area (TPSA) is 39.1 Å². The fourth-order valence-corrected chi connectivity index (χ4v) is 4.35. The highest BCUT2D eigenvalue weighted by Crippen LogP contribution is 2.39. The van der Waals surface area contributed by atoms with E-state index in [0.717, 1.165) is 30.9 Å². The molecule has 5 heteroatoms. The van der Waals surface area contributed by atoms with E-state index in [-0.39, 0.29) is 5.60 Å². The summed E-state index contributed by atoms with van der Waals surface area (Å²) < 4.78 is 7.92. The summed E-state index contributed by atoms with van der Waals surface area (Å²) in [7, 11) is 1.97. The molecule has 4 nitrogen and oxygen atoms in total. The van der Waals surface area contributed by atoms with Crippen molar-refractivity contribution in [2.24, 2.45) is 7.05 Å². The van der Waals surface area contributed by atoms with Crippen LogP contribution in [0.4, 0.5) is 5.69 Å². The highest BCUT2D eigenvalue weighted by molar-refractivity contribution is 7.99. The summed E-state index contributed by atoms with van der Waals surface area (Å²) in [6.07, 6.45) is 5.51. The Morgan fingerprint density at radius 1 is 1.61 bits per heavy atom. The molecule has 0 amide bonds. The lowest BCUT2D eigenvalue weighted by molar-refractivity contribution is -0.0628. The van der Waals surface area contributed by atoms with Gasteiger partial charge in [-0.3, -0.25) is 4.68 Å². The van der Waals surface area contributed by atoms with Gasteiger partial charge in [0.15, 0.2) is 0 Å². The molecule has 3 heterocycles. The average Bonchev–Trinajstić information content (AvgIpc) is 2.88. The minimum Gasteiger partial charge on any atom is -0.379 e. The molecule has 2 atom stereocenters. The summed E-state index contributed by atoms with van der Waals surface area (Å²) in [5, 5.41) is 8.03. The standard InChI is InChI=1S/C13H21N3OS/c1-10-12(8-16(2)15-10)14-11-3-5-17-13(7-11)4-6-18-9-13/h8,11,14H,3-7,9H2,1-2H3. The molecule has 3 rings (SSSR count). The zero-order valence-corrected chi connectivity index (χ0v) is 11.9. The first-order valence-electron chi connectivity index (χ1n) is 6.65. The second-order valence-electron chi connectivity index (χ2n) is 5.47. The number of nitrogens with one attached hydrogen (secondary N) is 1. The van der Waals surface area contributed by atoms with Crippen LogP contribution >= 0.6 is 11.8 Å². The Labute approximate surface area is 112 Å². The third kappa shape index (κ3) is 2.38. The summed E-state index contributed by atoms with van der Waals surface area (Å²) in [5.41, 5.74) is 2.40. The van der Waals surface area contributed by atoms with Crippen LogP contribution in [0.1, 0.15) is 25.0 Å². The summed E-state index contributed by atoms with van der Waals surface area (Å²) in [6.45, 7) is 2.94. The predicted molar refractivity (Wildman–Crippen MR) is 75.2 cm³/mol. The molecule has 18 heavy (non-hydrogen) atoms. The van der Waals surface area contributed by atoms with E-state index in [9.17, 15) is 0 Å². The number of thioether (sulfide) groups is 1. The highest BCUT2D eigenvalue weighted by atomic mass is 32.2. The lowest BCUT2D eigenvalue weighted by atomic mass is 9.90. The molecule has 1 aromatic rings. The van der Waals surface area contributed by atoms with Crippen LogP contribution < -0.4 is 5.32 Å². The molecule has 2 fully saturated rings. The molecule has 1 aromatic heterocycles. The van der Waals surface area contributed by atoms with Crippen LogP contribution in [0.5, 0.6) is 0 Å². The van der Waals surface area contributed by atoms with E-state index in [0.29, 0.717) is 6.04 Å². The fraction of sp³-hybridized carbons (Fsp3) is 0.769. The van der Waals surface area contributed by atoms with Crippen LogP contribution in [-0.4, -0.2) is 39.5 Å². The second-order valence-corrected chi connectivity index (χ2v) is 6.58. The number of anilines is 1. The Hall–Kier alpha value is -0.680. The van der Waals surface area contributed by atoms with E-state index in [1.165, 1.54) is 17.9 Å². The lowest BCUT2D eigenvalue weighted by Crippen LogP contribution is -2.44. The molecule has 1 N–H and O–H groups in total. The maximum atomic E-state index is 6.05. The van der Waals surface area contributed by atoms with Crippen molar-refractivity contribution in [2.45, 2.75) is 37.8 Å². The van der Waals surface area contributed by atoms with Gasteiger partial charge in [-0.25, -0.2) is 0 Å². The van der Waals surface area contributed by atoms with Gasteiger partial charge in [0.1, 0.15) is 0 Å². The van der Waals surface area contributed by atoms with Crippen molar-refractivity contribution in [3.05, 3.63) is 11.9 Å². The maximum Gasteiger partial charge on any atom is 0.0825 e. The third-order valence-corrected chi connectivity index (χ3v) is 5.16. The smallest absolute Gasteiger partial charge is 0.0825 e. The number of aromatic nitrogens is 2. The first-order chi connectivity index (χ1) is 8.67. The monoisotopic (exact) mass is 267 g/mol. The van der Waals surface area contributed by atoms with Gasteiger partial charge >= 0.3 is 0 Å². The molecule has 0 saturated carbocycles. The Balaban J connectivity index is 1.67. The van der Waals surface area contributed by atoms with Crippen LogP contribution in [0.2, 0.25) is 0 Å². The van der Waals surface area contributed by atoms with Crippen molar-refractivity contribution in [1.29, 1.82) is 0 Å². The summed E-state index contributed by atoms with van der Waals surface area (Å²) in [5.74, 6) is 2.41. The first kappa shape index (κ1) is 12.4. The van der Waals surface area contributed by atoms with Gasteiger partial charge in [0, 0.05) is 31.6 Å². The molecular weight excluding hydrogens is 246 g/mol. The second kappa shape index (κ2) is 4.78. The Kier molecular flexibility index (Phi) is 3.28. The Morgan fingerprint density at radius 3 is 3.17 bits per heavy atom. The van der Waals surface area contributed by atoms with Crippen LogP contribution in [0.25, 0.3) is 0 Å². The van der Waals surface area contributed by atoms with Gasteiger partial charge in [-0.15, -0.1) is 0 Å². The highest BCUT2D eigenvalue weighted by Gasteiger charge is 2.40. The van der Waals surface area contributed by atoms with E-state index in [4.69, 9.17) is 4.74 Å². The van der Waals surface area contributed by atoms with E-state index < -0.39 is 0 Å². The van der Waals surface area contributed by atoms with Gasteiger partial charge < -0.3 is 10.1 Å². The molecule has 2 saturated heterocycles. The minimum atomic E-state index is 0.150. The summed E-state index contributed by atoms with van der Waals surface area (Å²) in [4.78, 5) is 0. The maximum absolute atomic E-state index is 6.05. The van der Waals surface area contributed by atoms with Gasteiger partial charge in [-0.1, -0.05) is 0 Å². The molecule has 1 spiro atoms. The van der Waals surface area contributed by atoms with E-state index in [1.807, 2.05) is 23.5 Å². The molecule has 0 bridgehead atoms. The molecular formula is C13H21N3OS. The number of rotatable bonds is 2. The van der Waals surface area contributed by atoms with Crippen molar-refractivity contribution in [1.82, 2.24) is 9.78 Å².